The van der Waals surface area contributed by atoms with Crippen LogP contribution in [-0.2, 0) is 0 Å². The smallest absolute Gasteiger partial charge is 0.155 e. The van der Waals surface area contributed by atoms with Crippen molar-refractivity contribution < 1.29 is 5.21 Å². The van der Waals surface area contributed by atoms with Crippen molar-refractivity contribution in [3.05, 3.63) is 0 Å². The molecule has 1 aliphatic heterocycles. The van der Waals surface area contributed by atoms with Gasteiger partial charge in [-0.3, -0.25) is 0 Å². The minimum absolute atomic E-state index is 0.147. The lowest BCUT2D eigenvalue weighted by atomic mass is 9.82. The zero-order valence-corrected chi connectivity index (χ0v) is 13.7. The Bertz CT molecular complexity index is 332. The fourth-order valence-electron chi connectivity index (χ4n) is 3.82. The summed E-state index contributed by atoms with van der Waals surface area (Å²) in [4.78, 5) is 2.64. The third-order valence-corrected chi connectivity index (χ3v) is 6.88. The number of piperidine rings is 1. The van der Waals surface area contributed by atoms with E-state index < -0.39 is 0 Å². The Morgan fingerprint density at radius 2 is 1.90 bits per heavy atom. The highest BCUT2D eigenvalue weighted by Gasteiger charge is 2.40. The normalized spacial score (nSPS) is 32.2. The van der Waals surface area contributed by atoms with Gasteiger partial charge in [-0.1, -0.05) is 18.5 Å². The van der Waals surface area contributed by atoms with E-state index in [0.717, 1.165) is 37.9 Å². The molecule has 0 radical (unpaired) electrons. The first-order valence-corrected chi connectivity index (χ1v) is 9.15. The highest BCUT2D eigenvalue weighted by atomic mass is 32.2. The van der Waals surface area contributed by atoms with Crippen molar-refractivity contribution in [1.29, 1.82) is 0 Å². The van der Waals surface area contributed by atoms with E-state index in [2.05, 4.69) is 23.2 Å². The van der Waals surface area contributed by atoms with E-state index in [1.165, 1.54) is 32.1 Å². The molecular weight excluding hydrogens is 270 g/mol. The number of thioether (sulfide) groups is 1. The van der Waals surface area contributed by atoms with Crippen LogP contribution in [0.25, 0.3) is 0 Å². The molecule has 20 heavy (non-hydrogen) atoms. The van der Waals surface area contributed by atoms with Crippen LogP contribution in [0.5, 0.6) is 0 Å². The highest BCUT2D eigenvalue weighted by molar-refractivity contribution is 8.00. The first kappa shape index (κ1) is 16.0. The van der Waals surface area contributed by atoms with Crippen molar-refractivity contribution in [3.63, 3.8) is 0 Å². The van der Waals surface area contributed by atoms with Crippen LogP contribution >= 0.6 is 11.8 Å². The van der Waals surface area contributed by atoms with E-state index in [-0.39, 0.29) is 4.75 Å². The number of amidine groups is 1. The van der Waals surface area contributed by atoms with Crippen molar-refractivity contribution in [1.82, 2.24) is 4.90 Å². The summed E-state index contributed by atoms with van der Waals surface area (Å²) >= 11 is 1.74. The Labute approximate surface area is 127 Å². The van der Waals surface area contributed by atoms with Crippen LogP contribution in [0.1, 0.15) is 51.9 Å². The van der Waals surface area contributed by atoms with Gasteiger partial charge in [0, 0.05) is 19.1 Å². The van der Waals surface area contributed by atoms with Gasteiger partial charge in [0.15, 0.2) is 5.84 Å². The lowest BCUT2D eigenvalue weighted by Crippen LogP contribution is -2.52. The van der Waals surface area contributed by atoms with Crippen LogP contribution in [-0.4, -0.2) is 46.1 Å². The van der Waals surface area contributed by atoms with E-state index in [9.17, 15) is 0 Å². The highest BCUT2D eigenvalue weighted by Crippen LogP contribution is 2.37. The molecule has 0 amide bonds. The summed E-state index contributed by atoms with van der Waals surface area (Å²) in [6.45, 7) is 4.48. The lowest BCUT2D eigenvalue weighted by Gasteiger charge is -2.44. The monoisotopic (exact) mass is 299 g/mol. The van der Waals surface area contributed by atoms with E-state index in [1.807, 2.05) is 0 Å². The molecule has 2 aliphatic rings. The minimum atomic E-state index is -0.147. The third kappa shape index (κ3) is 3.25. The first-order chi connectivity index (χ1) is 9.65. The quantitative estimate of drug-likeness (QED) is 0.363. The molecule has 0 unspecified atom stereocenters. The third-order valence-electron chi connectivity index (χ3n) is 5.48. The van der Waals surface area contributed by atoms with E-state index in [1.54, 1.807) is 11.8 Å². The van der Waals surface area contributed by atoms with Gasteiger partial charge in [0.1, 0.15) is 0 Å². The van der Waals surface area contributed by atoms with Crippen LogP contribution in [0.15, 0.2) is 5.16 Å². The summed E-state index contributed by atoms with van der Waals surface area (Å²) in [5, 5.41) is 12.3. The maximum Gasteiger partial charge on any atom is 0.155 e. The summed E-state index contributed by atoms with van der Waals surface area (Å²) in [5.74, 6) is 1.36. The number of nitrogens with two attached hydrogens (primary N) is 1. The van der Waals surface area contributed by atoms with Crippen LogP contribution in [0, 0.1) is 5.92 Å². The van der Waals surface area contributed by atoms with E-state index in [4.69, 9.17) is 10.9 Å². The van der Waals surface area contributed by atoms with Gasteiger partial charge in [-0.2, -0.15) is 11.8 Å². The van der Waals surface area contributed by atoms with Crippen molar-refractivity contribution in [3.8, 4) is 0 Å². The topological polar surface area (TPSA) is 61.8 Å². The summed E-state index contributed by atoms with van der Waals surface area (Å²) in [6.07, 6.45) is 10.9. The van der Waals surface area contributed by atoms with Crippen molar-refractivity contribution >= 4 is 17.6 Å². The molecule has 0 aromatic heterocycles. The number of oxime groups is 1. The van der Waals surface area contributed by atoms with Crippen LogP contribution < -0.4 is 5.73 Å². The SMILES string of the molecule is CCC1CCC(N2CCC(SC)(C(N)=NO)CC2)CC1. The standard InChI is InChI=1S/C15H29N3OS/c1-3-12-4-6-13(7-5-12)18-10-8-15(20-2,9-11-18)14(16)17-19/h12-13,19H,3-11H2,1-2H3,(H2,16,17). The Morgan fingerprint density at radius 3 is 2.35 bits per heavy atom. The molecule has 1 aliphatic carbocycles. The largest absolute Gasteiger partial charge is 0.409 e. The van der Waals surface area contributed by atoms with Crippen LogP contribution in [0.3, 0.4) is 0 Å². The molecule has 0 aromatic rings. The molecule has 0 atom stereocenters. The Balaban J connectivity index is 1.88. The molecule has 0 spiro atoms. The maximum atomic E-state index is 8.99. The lowest BCUT2D eigenvalue weighted by molar-refractivity contribution is 0.109. The molecule has 2 fully saturated rings. The minimum Gasteiger partial charge on any atom is -0.409 e. The van der Waals surface area contributed by atoms with Crippen LogP contribution in [0.2, 0.25) is 0 Å². The second-order valence-corrected chi connectivity index (χ2v) is 7.49. The molecule has 4 nitrogen and oxygen atoms in total. The zero-order chi connectivity index (χ0) is 14.6. The Morgan fingerprint density at radius 1 is 1.30 bits per heavy atom. The van der Waals surface area contributed by atoms with Gasteiger partial charge in [-0.05, 0) is 50.7 Å². The molecule has 1 heterocycles. The van der Waals surface area contributed by atoms with Gasteiger partial charge in [-0.25, -0.2) is 0 Å². The van der Waals surface area contributed by atoms with Gasteiger partial charge in [0.05, 0.1) is 4.75 Å². The molecular formula is C15H29N3OS. The summed E-state index contributed by atoms with van der Waals surface area (Å²) in [7, 11) is 0. The second-order valence-electron chi connectivity index (χ2n) is 6.30. The van der Waals surface area contributed by atoms with Gasteiger partial charge in [-0.15, -0.1) is 0 Å². The molecule has 2 rings (SSSR count). The van der Waals surface area contributed by atoms with E-state index >= 15 is 0 Å². The number of hydrogen-bond acceptors (Lipinski definition) is 4. The molecule has 0 aromatic carbocycles. The Hall–Kier alpha value is -0.420. The predicted molar refractivity (Wildman–Crippen MR) is 86.5 cm³/mol. The van der Waals surface area contributed by atoms with Crippen LogP contribution in [0.4, 0.5) is 0 Å². The first-order valence-electron chi connectivity index (χ1n) is 7.92. The fraction of sp³-hybridized carbons (Fsp3) is 0.933. The number of nitrogens with zero attached hydrogens (tertiary/aromatic N) is 2. The van der Waals surface area contributed by atoms with Gasteiger partial charge in [0.2, 0.25) is 0 Å². The number of rotatable bonds is 4. The summed E-state index contributed by atoms with van der Waals surface area (Å²) < 4.78 is -0.147. The van der Waals surface area contributed by atoms with Crippen molar-refractivity contribution in [2.75, 3.05) is 19.3 Å². The molecule has 5 heteroatoms. The molecule has 0 bridgehead atoms. The molecule has 1 saturated carbocycles. The van der Waals surface area contributed by atoms with Crippen molar-refractivity contribution in [2.45, 2.75) is 62.7 Å². The molecule has 1 saturated heterocycles. The number of likely N-dealkylation sites (tertiary alicyclic amines) is 1. The summed E-state index contributed by atoms with van der Waals surface area (Å²) in [5.41, 5.74) is 5.91. The molecule has 3 N–H and O–H groups in total. The summed E-state index contributed by atoms with van der Waals surface area (Å²) in [6, 6.07) is 0.768. The second kappa shape index (κ2) is 7.03. The average molecular weight is 299 g/mol. The predicted octanol–water partition coefficient (Wildman–Crippen LogP) is 2.90. The van der Waals surface area contributed by atoms with Crippen molar-refractivity contribution in [2.24, 2.45) is 16.8 Å². The number of hydrogen-bond donors (Lipinski definition) is 2. The Kier molecular flexibility index (Phi) is 5.61. The van der Waals surface area contributed by atoms with E-state index in [0.29, 0.717) is 5.84 Å². The van der Waals surface area contributed by atoms with Gasteiger partial charge >= 0.3 is 0 Å². The fourth-order valence-corrected chi connectivity index (χ4v) is 4.67. The van der Waals surface area contributed by atoms with Gasteiger partial charge in [0.25, 0.3) is 0 Å². The average Bonchev–Trinajstić information content (AvgIpc) is 2.54. The molecule has 116 valence electrons. The van der Waals surface area contributed by atoms with Gasteiger partial charge < -0.3 is 15.8 Å². The maximum absolute atomic E-state index is 8.99. The zero-order valence-electron chi connectivity index (χ0n) is 12.8.